The first-order valence-electron chi connectivity index (χ1n) is 7.22. The van der Waals surface area contributed by atoms with E-state index < -0.39 is 0 Å². The molecule has 1 heterocycles. The van der Waals surface area contributed by atoms with E-state index >= 15 is 0 Å². The third-order valence-corrected chi connectivity index (χ3v) is 5.36. The van der Waals surface area contributed by atoms with Crippen LogP contribution in [-0.2, 0) is 4.79 Å². The number of amides is 1. The first kappa shape index (κ1) is 14.1. The van der Waals surface area contributed by atoms with E-state index in [9.17, 15) is 4.79 Å². The standard InChI is InChI=1S/C14H24N2O.ClH/c1-9(13-6-15-7-13)14(17)16-8-12-5-10-2-3-11(12)4-10;/h9-13,15H,2-8H2,1H3,(H,16,17);1H. The highest BCUT2D eigenvalue weighted by molar-refractivity contribution is 5.85. The number of hydrogen-bond donors (Lipinski definition) is 2. The highest BCUT2D eigenvalue weighted by Gasteiger charge is 2.39. The third kappa shape index (κ3) is 2.67. The Kier molecular flexibility index (Phi) is 4.54. The molecule has 18 heavy (non-hydrogen) atoms. The van der Waals surface area contributed by atoms with Crippen molar-refractivity contribution in [2.24, 2.45) is 29.6 Å². The van der Waals surface area contributed by atoms with Crippen molar-refractivity contribution in [2.45, 2.75) is 32.6 Å². The van der Waals surface area contributed by atoms with Crippen LogP contribution in [0.1, 0.15) is 32.6 Å². The summed E-state index contributed by atoms with van der Waals surface area (Å²) in [5.74, 6) is 3.71. The van der Waals surface area contributed by atoms with E-state index in [1.807, 2.05) is 0 Å². The fourth-order valence-corrected chi connectivity index (χ4v) is 3.90. The number of carbonyl (C=O) groups is 1. The van der Waals surface area contributed by atoms with Crippen LogP contribution in [0.25, 0.3) is 0 Å². The molecule has 2 saturated carbocycles. The van der Waals surface area contributed by atoms with Gasteiger partial charge in [0.05, 0.1) is 0 Å². The summed E-state index contributed by atoms with van der Waals surface area (Å²) in [5, 5.41) is 6.43. The Morgan fingerprint density at radius 3 is 2.61 bits per heavy atom. The van der Waals surface area contributed by atoms with Crippen LogP contribution in [0.2, 0.25) is 0 Å². The first-order chi connectivity index (χ1) is 8.24. The van der Waals surface area contributed by atoms with Gasteiger partial charge >= 0.3 is 0 Å². The molecule has 0 aromatic carbocycles. The van der Waals surface area contributed by atoms with Gasteiger partial charge in [0.25, 0.3) is 0 Å². The van der Waals surface area contributed by atoms with Crippen molar-refractivity contribution in [3.05, 3.63) is 0 Å². The van der Waals surface area contributed by atoms with E-state index in [0.29, 0.717) is 5.92 Å². The number of nitrogens with one attached hydrogen (secondary N) is 2. The summed E-state index contributed by atoms with van der Waals surface area (Å²) in [6.45, 7) is 5.04. The normalized spacial score (nSPS) is 35.7. The number of hydrogen-bond acceptors (Lipinski definition) is 2. The summed E-state index contributed by atoms with van der Waals surface area (Å²) in [6, 6.07) is 0. The minimum absolute atomic E-state index is 0. The van der Waals surface area contributed by atoms with Crippen LogP contribution in [0, 0.1) is 29.6 Å². The Morgan fingerprint density at radius 2 is 2.11 bits per heavy atom. The molecule has 2 aliphatic carbocycles. The van der Waals surface area contributed by atoms with Gasteiger partial charge in [-0.25, -0.2) is 0 Å². The largest absolute Gasteiger partial charge is 0.356 e. The average molecular weight is 273 g/mol. The maximum absolute atomic E-state index is 12.0. The first-order valence-corrected chi connectivity index (χ1v) is 7.22. The molecule has 3 aliphatic rings. The van der Waals surface area contributed by atoms with Crippen LogP contribution >= 0.6 is 12.4 Å². The van der Waals surface area contributed by atoms with E-state index in [1.165, 1.54) is 25.7 Å². The molecule has 2 bridgehead atoms. The van der Waals surface area contributed by atoms with Crippen molar-refractivity contribution in [2.75, 3.05) is 19.6 Å². The van der Waals surface area contributed by atoms with E-state index in [1.54, 1.807) is 0 Å². The highest BCUT2D eigenvalue weighted by Crippen LogP contribution is 2.47. The van der Waals surface area contributed by atoms with Crippen LogP contribution in [-0.4, -0.2) is 25.5 Å². The van der Waals surface area contributed by atoms with Crippen LogP contribution in [0.4, 0.5) is 0 Å². The van der Waals surface area contributed by atoms with Gasteiger partial charge in [0.15, 0.2) is 0 Å². The summed E-state index contributed by atoms with van der Waals surface area (Å²) in [6.07, 6.45) is 5.65. The summed E-state index contributed by atoms with van der Waals surface area (Å²) in [7, 11) is 0. The molecular weight excluding hydrogens is 248 g/mol. The maximum Gasteiger partial charge on any atom is 0.223 e. The molecule has 4 heteroatoms. The summed E-state index contributed by atoms with van der Waals surface area (Å²) in [4.78, 5) is 12.0. The number of carbonyl (C=O) groups excluding carboxylic acids is 1. The predicted molar refractivity (Wildman–Crippen MR) is 74.7 cm³/mol. The van der Waals surface area contributed by atoms with Crippen LogP contribution in [0.15, 0.2) is 0 Å². The minimum Gasteiger partial charge on any atom is -0.356 e. The van der Waals surface area contributed by atoms with E-state index in [2.05, 4.69) is 17.6 Å². The quantitative estimate of drug-likeness (QED) is 0.820. The summed E-state index contributed by atoms with van der Waals surface area (Å²) in [5.41, 5.74) is 0. The summed E-state index contributed by atoms with van der Waals surface area (Å²) >= 11 is 0. The van der Waals surface area contributed by atoms with Gasteiger partial charge in [-0.05, 0) is 56.0 Å². The number of rotatable bonds is 4. The molecule has 3 fully saturated rings. The molecule has 104 valence electrons. The lowest BCUT2D eigenvalue weighted by Crippen LogP contribution is -2.50. The zero-order valence-electron chi connectivity index (χ0n) is 11.2. The lowest BCUT2D eigenvalue weighted by molar-refractivity contribution is -0.126. The van der Waals surface area contributed by atoms with Crippen molar-refractivity contribution in [1.29, 1.82) is 0 Å². The van der Waals surface area contributed by atoms with Crippen LogP contribution in [0.3, 0.4) is 0 Å². The van der Waals surface area contributed by atoms with Crippen molar-refractivity contribution in [1.82, 2.24) is 10.6 Å². The van der Waals surface area contributed by atoms with Gasteiger partial charge in [-0.15, -0.1) is 12.4 Å². The van der Waals surface area contributed by atoms with Crippen molar-refractivity contribution >= 4 is 18.3 Å². The molecule has 1 aliphatic heterocycles. The predicted octanol–water partition coefficient (Wildman–Crippen LogP) is 1.82. The second-order valence-corrected chi connectivity index (χ2v) is 6.39. The van der Waals surface area contributed by atoms with Gasteiger partial charge in [-0.2, -0.15) is 0 Å². The van der Waals surface area contributed by atoms with Crippen molar-refractivity contribution in [3.63, 3.8) is 0 Å². The molecule has 3 nitrogen and oxygen atoms in total. The Morgan fingerprint density at radius 1 is 1.33 bits per heavy atom. The number of halogens is 1. The molecule has 4 unspecified atom stereocenters. The van der Waals surface area contributed by atoms with Crippen LogP contribution in [0.5, 0.6) is 0 Å². The van der Waals surface area contributed by atoms with Gasteiger partial charge in [0.2, 0.25) is 5.91 Å². The minimum atomic E-state index is 0. The molecule has 3 rings (SSSR count). The van der Waals surface area contributed by atoms with Crippen LogP contribution < -0.4 is 10.6 Å². The highest BCUT2D eigenvalue weighted by atomic mass is 35.5. The molecular formula is C14H25ClN2O. The van der Waals surface area contributed by atoms with Gasteiger partial charge in [-0.3, -0.25) is 4.79 Å². The second-order valence-electron chi connectivity index (χ2n) is 6.39. The van der Waals surface area contributed by atoms with E-state index in [0.717, 1.165) is 37.4 Å². The molecule has 4 atom stereocenters. The van der Waals surface area contributed by atoms with Crippen molar-refractivity contribution in [3.8, 4) is 0 Å². The lowest BCUT2D eigenvalue weighted by Gasteiger charge is -2.32. The lowest BCUT2D eigenvalue weighted by atomic mass is 9.87. The zero-order chi connectivity index (χ0) is 11.8. The molecule has 1 saturated heterocycles. The monoisotopic (exact) mass is 272 g/mol. The van der Waals surface area contributed by atoms with Gasteiger partial charge in [0.1, 0.15) is 0 Å². The van der Waals surface area contributed by atoms with E-state index in [-0.39, 0.29) is 24.2 Å². The molecule has 0 aromatic heterocycles. The molecule has 0 radical (unpaired) electrons. The Labute approximate surface area is 116 Å². The summed E-state index contributed by atoms with van der Waals surface area (Å²) < 4.78 is 0. The maximum atomic E-state index is 12.0. The fourth-order valence-electron chi connectivity index (χ4n) is 3.90. The Hall–Kier alpha value is -0.280. The Balaban J connectivity index is 0.00000120. The topological polar surface area (TPSA) is 41.1 Å². The number of fused-ring (bicyclic) bond motifs is 2. The molecule has 1 amide bonds. The van der Waals surface area contributed by atoms with Gasteiger partial charge in [-0.1, -0.05) is 13.3 Å². The SMILES string of the molecule is CC(C(=O)NCC1CC2CCC1C2)C1CNC1.Cl. The smallest absolute Gasteiger partial charge is 0.223 e. The molecule has 0 spiro atoms. The van der Waals surface area contributed by atoms with Crippen molar-refractivity contribution < 1.29 is 4.79 Å². The zero-order valence-corrected chi connectivity index (χ0v) is 12.0. The third-order valence-electron chi connectivity index (χ3n) is 5.36. The molecule has 2 N–H and O–H groups in total. The fraction of sp³-hybridized carbons (Fsp3) is 0.929. The van der Waals surface area contributed by atoms with Gasteiger partial charge in [0, 0.05) is 12.5 Å². The van der Waals surface area contributed by atoms with E-state index in [4.69, 9.17) is 0 Å². The second kappa shape index (κ2) is 5.79. The molecule has 0 aromatic rings. The Bertz CT molecular complexity index is 306. The average Bonchev–Trinajstić information content (AvgIpc) is 2.84. The van der Waals surface area contributed by atoms with Gasteiger partial charge < -0.3 is 10.6 Å².